The number of fused-ring (bicyclic) bond motifs is 1. The first kappa shape index (κ1) is 8.53. The number of para-hydroxylation sites is 1. The van der Waals surface area contributed by atoms with E-state index in [2.05, 4.69) is 5.32 Å². The fraction of sp³-hybridized carbons (Fsp3) is 0.400. The Kier molecular flexibility index (Phi) is 2.47. The Balaban J connectivity index is 2.20. The van der Waals surface area contributed by atoms with Crippen LogP contribution in [-0.2, 0) is 6.54 Å². The Morgan fingerprint density at radius 1 is 1.38 bits per heavy atom. The highest BCUT2D eigenvalue weighted by Gasteiger charge is 2.11. The Morgan fingerprint density at radius 2 is 2.23 bits per heavy atom. The van der Waals surface area contributed by atoms with Crippen LogP contribution in [0, 0.1) is 0 Å². The van der Waals surface area contributed by atoms with Crippen LogP contribution in [0.1, 0.15) is 5.56 Å². The Morgan fingerprint density at radius 3 is 3.15 bits per heavy atom. The summed E-state index contributed by atoms with van der Waals surface area (Å²) < 4.78 is 5.45. The molecule has 3 heteroatoms. The molecule has 1 unspecified atom stereocenters. The largest absolute Gasteiger partial charge is 0.491 e. The minimum absolute atomic E-state index is 0.365. The van der Waals surface area contributed by atoms with Crippen molar-refractivity contribution in [1.29, 1.82) is 0 Å². The van der Waals surface area contributed by atoms with Gasteiger partial charge in [-0.2, -0.15) is 0 Å². The Labute approximate surface area is 77.3 Å². The minimum atomic E-state index is -0.409. The topological polar surface area (TPSA) is 41.5 Å². The smallest absolute Gasteiger partial charge is 0.123 e. The first-order chi connectivity index (χ1) is 6.36. The van der Waals surface area contributed by atoms with Crippen LogP contribution in [0.3, 0.4) is 0 Å². The Bertz CT molecular complexity index is 288. The van der Waals surface area contributed by atoms with E-state index in [1.807, 2.05) is 24.3 Å². The van der Waals surface area contributed by atoms with Gasteiger partial charge in [-0.25, -0.2) is 0 Å². The fourth-order valence-electron chi connectivity index (χ4n) is 1.41. The summed E-state index contributed by atoms with van der Waals surface area (Å²) in [6.45, 7) is 1.71. The van der Waals surface area contributed by atoms with Crippen LogP contribution < -0.4 is 10.1 Å². The number of hydrogen-bond donors (Lipinski definition) is 2. The van der Waals surface area contributed by atoms with Crippen molar-refractivity contribution < 1.29 is 9.84 Å². The molecular formula is C10H13NO2. The lowest BCUT2D eigenvalue weighted by Crippen LogP contribution is -2.33. The van der Waals surface area contributed by atoms with Gasteiger partial charge in [0, 0.05) is 18.7 Å². The maximum atomic E-state index is 9.35. The normalized spacial score (nSPS) is 22.4. The summed E-state index contributed by atoms with van der Waals surface area (Å²) in [5.41, 5.74) is 1.15. The number of β-amino-alcohol motifs (C(OH)–C–C–N with tert-alkyl or cyclic N) is 1. The molecule has 1 atom stereocenters. The van der Waals surface area contributed by atoms with Crippen molar-refractivity contribution in [2.45, 2.75) is 12.6 Å². The highest BCUT2D eigenvalue weighted by atomic mass is 16.5. The maximum Gasteiger partial charge on any atom is 0.123 e. The standard InChI is InChI=1S/C10H13NO2/c12-9-6-11-5-8-3-1-2-4-10(8)13-7-9/h1-4,9,11-12H,5-7H2. The molecule has 0 aromatic heterocycles. The minimum Gasteiger partial charge on any atom is -0.491 e. The molecule has 1 aromatic rings. The number of aliphatic hydroxyl groups is 1. The van der Waals surface area contributed by atoms with Gasteiger partial charge in [-0.15, -0.1) is 0 Å². The molecule has 0 fully saturated rings. The second kappa shape index (κ2) is 3.77. The summed E-state index contributed by atoms with van der Waals surface area (Å²) in [6, 6.07) is 7.88. The summed E-state index contributed by atoms with van der Waals surface area (Å²) in [4.78, 5) is 0. The van der Waals surface area contributed by atoms with Crippen LogP contribution in [0.15, 0.2) is 24.3 Å². The van der Waals surface area contributed by atoms with Crippen LogP contribution in [-0.4, -0.2) is 24.4 Å². The lowest BCUT2D eigenvalue weighted by molar-refractivity contribution is 0.101. The second-order valence-electron chi connectivity index (χ2n) is 3.20. The molecule has 2 rings (SSSR count). The van der Waals surface area contributed by atoms with Crippen molar-refractivity contribution in [3.8, 4) is 5.75 Å². The number of hydrogen-bond acceptors (Lipinski definition) is 3. The van der Waals surface area contributed by atoms with Gasteiger partial charge in [0.2, 0.25) is 0 Å². The van der Waals surface area contributed by atoms with E-state index in [4.69, 9.17) is 4.74 Å². The third-order valence-corrected chi connectivity index (χ3v) is 2.10. The predicted octanol–water partition coefficient (Wildman–Crippen LogP) is 0.529. The molecule has 2 N–H and O–H groups in total. The summed E-state index contributed by atoms with van der Waals surface area (Å²) in [5.74, 6) is 0.869. The highest BCUT2D eigenvalue weighted by molar-refractivity contribution is 5.33. The molecular weight excluding hydrogens is 166 g/mol. The van der Waals surface area contributed by atoms with Crippen LogP contribution in [0.4, 0.5) is 0 Å². The van der Waals surface area contributed by atoms with Crippen molar-refractivity contribution >= 4 is 0 Å². The van der Waals surface area contributed by atoms with Crippen molar-refractivity contribution in [3.05, 3.63) is 29.8 Å². The van der Waals surface area contributed by atoms with Gasteiger partial charge >= 0.3 is 0 Å². The molecule has 0 saturated heterocycles. The van der Waals surface area contributed by atoms with Gasteiger partial charge in [0.1, 0.15) is 18.5 Å². The quantitative estimate of drug-likeness (QED) is 0.610. The summed E-state index contributed by atoms with van der Waals surface area (Å²) in [6.07, 6.45) is -0.409. The average molecular weight is 179 g/mol. The summed E-state index contributed by atoms with van der Waals surface area (Å²) >= 11 is 0. The van der Waals surface area contributed by atoms with E-state index in [1.54, 1.807) is 0 Å². The number of ether oxygens (including phenoxy) is 1. The van der Waals surface area contributed by atoms with Crippen LogP contribution >= 0.6 is 0 Å². The number of aliphatic hydroxyl groups excluding tert-OH is 1. The van der Waals surface area contributed by atoms with Gasteiger partial charge in [0.05, 0.1) is 0 Å². The van der Waals surface area contributed by atoms with E-state index in [0.29, 0.717) is 13.2 Å². The van der Waals surface area contributed by atoms with Gasteiger partial charge < -0.3 is 15.2 Å². The monoisotopic (exact) mass is 179 g/mol. The third kappa shape index (κ3) is 1.99. The summed E-state index contributed by atoms with van der Waals surface area (Å²) in [7, 11) is 0. The molecule has 0 amide bonds. The SMILES string of the molecule is OC1CNCc2ccccc2OC1. The van der Waals surface area contributed by atoms with Crippen molar-refractivity contribution in [3.63, 3.8) is 0 Å². The van der Waals surface area contributed by atoms with Crippen LogP contribution in [0.2, 0.25) is 0 Å². The molecule has 1 aliphatic rings. The molecule has 13 heavy (non-hydrogen) atoms. The van der Waals surface area contributed by atoms with Crippen molar-refractivity contribution in [2.75, 3.05) is 13.2 Å². The molecule has 0 radical (unpaired) electrons. The van der Waals surface area contributed by atoms with E-state index in [9.17, 15) is 5.11 Å². The van der Waals surface area contributed by atoms with Gasteiger partial charge in [0.25, 0.3) is 0 Å². The Hall–Kier alpha value is -1.06. The number of nitrogens with one attached hydrogen (secondary N) is 1. The molecule has 0 saturated carbocycles. The zero-order valence-electron chi connectivity index (χ0n) is 7.36. The third-order valence-electron chi connectivity index (χ3n) is 2.10. The van der Waals surface area contributed by atoms with Gasteiger partial charge in [0.15, 0.2) is 0 Å². The van der Waals surface area contributed by atoms with Gasteiger partial charge in [-0.3, -0.25) is 0 Å². The molecule has 1 aliphatic heterocycles. The molecule has 0 bridgehead atoms. The number of benzene rings is 1. The predicted molar refractivity (Wildman–Crippen MR) is 49.7 cm³/mol. The van der Waals surface area contributed by atoms with Crippen molar-refractivity contribution in [2.24, 2.45) is 0 Å². The zero-order chi connectivity index (χ0) is 9.10. The molecule has 0 spiro atoms. The van der Waals surface area contributed by atoms with E-state index < -0.39 is 6.10 Å². The van der Waals surface area contributed by atoms with Crippen molar-refractivity contribution in [1.82, 2.24) is 5.32 Å². The van der Waals surface area contributed by atoms with E-state index in [-0.39, 0.29) is 0 Å². The maximum absolute atomic E-state index is 9.35. The van der Waals surface area contributed by atoms with E-state index >= 15 is 0 Å². The van der Waals surface area contributed by atoms with Crippen LogP contribution in [0.25, 0.3) is 0 Å². The highest BCUT2D eigenvalue weighted by Crippen LogP contribution is 2.18. The van der Waals surface area contributed by atoms with Crippen LogP contribution in [0.5, 0.6) is 5.75 Å². The first-order valence-corrected chi connectivity index (χ1v) is 4.46. The second-order valence-corrected chi connectivity index (χ2v) is 3.20. The molecule has 70 valence electrons. The zero-order valence-corrected chi connectivity index (χ0v) is 7.36. The molecule has 3 nitrogen and oxygen atoms in total. The lowest BCUT2D eigenvalue weighted by Gasteiger charge is -2.19. The van der Waals surface area contributed by atoms with Gasteiger partial charge in [-0.1, -0.05) is 18.2 Å². The molecule has 1 heterocycles. The molecule has 0 aliphatic carbocycles. The fourth-order valence-corrected chi connectivity index (χ4v) is 1.41. The van der Waals surface area contributed by atoms with Gasteiger partial charge in [-0.05, 0) is 6.07 Å². The van der Waals surface area contributed by atoms with E-state index in [1.165, 1.54) is 0 Å². The first-order valence-electron chi connectivity index (χ1n) is 4.46. The number of rotatable bonds is 0. The average Bonchev–Trinajstić information content (AvgIpc) is 2.13. The van der Waals surface area contributed by atoms with E-state index in [0.717, 1.165) is 17.9 Å². The lowest BCUT2D eigenvalue weighted by atomic mass is 10.2. The summed E-state index contributed by atoms with van der Waals surface area (Å²) in [5, 5.41) is 12.5. The molecule has 1 aromatic carbocycles.